The van der Waals surface area contributed by atoms with E-state index >= 15 is 0 Å². The first-order valence-corrected chi connectivity index (χ1v) is 7.62. The van der Waals surface area contributed by atoms with Crippen LogP contribution in [-0.4, -0.2) is 43.6 Å². The molecule has 0 aliphatic heterocycles. The smallest absolute Gasteiger partial charge is 0.191 e. The average Bonchev–Trinajstić information content (AvgIpc) is 2.42. The highest BCUT2D eigenvalue weighted by atomic mass is 127. The fourth-order valence-corrected chi connectivity index (χ4v) is 2.06. The van der Waals surface area contributed by atoms with E-state index in [0.717, 1.165) is 32.0 Å². The lowest BCUT2D eigenvalue weighted by atomic mass is 10.1. The normalized spacial score (nSPS) is 12.0. The monoisotopic (exact) mass is 418 g/mol. The third-order valence-electron chi connectivity index (χ3n) is 3.02. The van der Waals surface area contributed by atoms with Gasteiger partial charge < -0.3 is 15.5 Å². The lowest BCUT2D eigenvalue weighted by Crippen LogP contribution is -2.48. The molecule has 0 saturated carbocycles. The Morgan fingerprint density at radius 2 is 1.82 bits per heavy atom. The van der Waals surface area contributed by atoms with Crippen LogP contribution in [-0.2, 0) is 6.54 Å². The van der Waals surface area contributed by atoms with Crippen LogP contribution in [0.1, 0.15) is 32.8 Å². The first kappa shape index (κ1) is 21.2. The minimum absolute atomic E-state index is 0. The topological polar surface area (TPSA) is 39.7 Å². The number of guanidine groups is 1. The van der Waals surface area contributed by atoms with Crippen LogP contribution in [0.2, 0.25) is 0 Å². The molecule has 1 aromatic carbocycles. The maximum Gasteiger partial charge on any atom is 0.191 e. The second-order valence-corrected chi connectivity index (χ2v) is 6.45. The van der Waals surface area contributed by atoms with E-state index in [9.17, 15) is 0 Å². The summed E-state index contributed by atoms with van der Waals surface area (Å²) in [5.74, 6) is 0.869. The van der Waals surface area contributed by atoms with Crippen LogP contribution in [0.3, 0.4) is 0 Å². The van der Waals surface area contributed by atoms with Crippen molar-refractivity contribution in [3.63, 3.8) is 0 Å². The molecule has 4 nitrogen and oxygen atoms in total. The molecule has 22 heavy (non-hydrogen) atoms. The van der Waals surface area contributed by atoms with Gasteiger partial charge >= 0.3 is 0 Å². The molecule has 0 aliphatic carbocycles. The molecule has 0 heterocycles. The summed E-state index contributed by atoms with van der Waals surface area (Å²) in [6.45, 7) is 9.38. The van der Waals surface area contributed by atoms with Crippen LogP contribution in [0.25, 0.3) is 0 Å². The molecule has 0 amide bonds. The standard InChI is InChI=1S/C17H30N4.HI/c1-17(2,3)20-16(18-4)19-12-9-13-21(5)14-15-10-7-6-8-11-15;/h6-8,10-11H,9,12-14H2,1-5H3,(H2,18,19,20);1H. The van der Waals surface area contributed by atoms with E-state index in [2.05, 4.69) is 78.7 Å². The molecule has 0 fully saturated rings. The largest absolute Gasteiger partial charge is 0.356 e. The van der Waals surface area contributed by atoms with Gasteiger partial charge in [0, 0.05) is 25.7 Å². The van der Waals surface area contributed by atoms with E-state index in [1.54, 1.807) is 0 Å². The molecule has 5 heteroatoms. The minimum atomic E-state index is 0. The molecule has 0 spiro atoms. The zero-order valence-electron chi connectivity index (χ0n) is 14.5. The Balaban J connectivity index is 0.00000441. The van der Waals surface area contributed by atoms with E-state index in [-0.39, 0.29) is 29.5 Å². The fraction of sp³-hybridized carbons (Fsp3) is 0.588. The zero-order chi connectivity index (χ0) is 15.7. The number of nitrogens with zero attached hydrogens (tertiary/aromatic N) is 2. The van der Waals surface area contributed by atoms with E-state index in [1.165, 1.54) is 5.56 Å². The van der Waals surface area contributed by atoms with Crippen molar-refractivity contribution in [1.82, 2.24) is 15.5 Å². The summed E-state index contributed by atoms with van der Waals surface area (Å²) in [6, 6.07) is 10.6. The van der Waals surface area contributed by atoms with Crippen molar-refractivity contribution in [2.45, 2.75) is 39.3 Å². The summed E-state index contributed by atoms with van der Waals surface area (Å²) >= 11 is 0. The number of rotatable bonds is 6. The van der Waals surface area contributed by atoms with Gasteiger partial charge in [0.2, 0.25) is 0 Å². The van der Waals surface area contributed by atoms with Gasteiger partial charge in [0.15, 0.2) is 5.96 Å². The minimum Gasteiger partial charge on any atom is -0.356 e. The molecule has 1 aromatic rings. The Kier molecular flexibility index (Phi) is 10.4. The lowest BCUT2D eigenvalue weighted by molar-refractivity contribution is 0.322. The quantitative estimate of drug-likeness (QED) is 0.323. The van der Waals surface area contributed by atoms with Crippen LogP contribution in [0, 0.1) is 0 Å². The number of hydrogen-bond acceptors (Lipinski definition) is 2. The Morgan fingerprint density at radius 1 is 1.18 bits per heavy atom. The van der Waals surface area contributed by atoms with Gasteiger partial charge in [-0.05, 0) is 46.3 Å². The molecule has 1 rings (SSSR count). The lowest BCUT2D eigenvalue weighted by Gasteiger charge is -2.24. The number of aliphatic imine (C=N–C) groups is 1. The summed E-state index contributed by atoms with van der Waals surface area (Å²) in [5.41, 5.74) is 1.39. The van der Waals surface area contributed by atoms with Crippen molar-refractivity contribution < 1.29 is 0 Å². The molecule has 2 N–H and O–H groups in total. The molecular weight excluding hydrogens is 387 g/mol. The second kappa shape index (κ2) is 10.8. The SMILES string of the molecule is CN=C(NCCCN(C)Cc1ccccc1)NC(C)(C)C.I. The maximum atomic E-state index is 4.24. The highest BCUT2D eigenvalue weighted by molar-refractivity contribution is 14.0. The molecule has 0 saturated heterocycles. The van der Waals surface area contributed by atoms with Gasteiger partial charge in [-0.25, -0.2) is 0 Å². The molecule has 0 bridgehead atoms. The van der Waals surface area contributed by atoms with Gasteiger partial charge in [-0.3, -0.25) is 4.99 Å². The summed E-state index contributed by atoms with van der Waals surface area (Å²) in [6.07, 6.45) is 1.09. The first-order valence-electron chi connectivity index (χ1n) is 7.62. The Morgan fingerprint density at radius 3 is 2.36 bits per heavy atom. The van der Waals surface area contributed by atoms with E-state index in [0.29, 0.717) is 0 Å². The highest BCUT2D eigenvalue weighted by Crippen LogP contribution is 2.02. The predicted molar refractivity (Wildman–Crippen MR) is 107 cm³/mol. The van der Waals surface area contributed by atoms with Gasteiger partial charge in [0.1, 0.15) is 0 Å². The third kappa shape index (κ3) is 10.00. The fourth-order valence-electron chi connectivity index (χ4n) is 2.06. The van der Waals surface area contributed by atoms with E-state index in [4.69, 9.17) is 0 Å². The van der Waals surface area contributed by atoms with Gasteiger partial charge in [-0.1, -0.05) is 30.3 Å². The van der Waals surface area contributed by atoms with Crippen LogP contribution >= 0.6 is 24.0 Å². The molecule has 126 valence electrons. The Hall–Kier alpha value is -0.820. The van der Waals surface area contributed by atoms with Crippen molar-refractivity contribution in [2.24, 2.45) is 4.99 Å². The van der Waals surface area contributed by atoms with Crippen molar-refractivity contribution in [2.75, 3.05) is 27.2 Å². The Labute approximate surface area is 152 Å². The summed E-state index contributed by atoms with van der Waals surface area (Å²) in [4.78, 5) is 6.58. The number of hydrogen-bond donors (Lipinski definition) is 2. The van der Waals surface area contributed by atoms with Crippen molar-refractivity contribution >= 4 is 29.9 Å². The molecule has 0 aliphatic rings. The predicted octanol–water partition coefficient (Wildman–Crippen LogP) is 3.09. The van der Waals surface area contributed by atoms with Crippen LogP contribution < -0.4 is 10.6 Å². The van der Waals surface area contributed by atoms with Crippen molar-refractivity contribution in [3.05, 3.63) is 35.9 Å². The molecule has 0 aromatic heterocycles. The van der Waals surface area contributed by atoms with Gasteiger partial charge in [0.25, 0.3) is 0 Å². The van der Waals surface area contributed by atoms with E-state index in [1.807, 2.05) is 7.05 Å². The number of nitrogens with one attached hydrogen (secondary N) is 2. The molecule has 0 atom stereocenters. The summed E-state index contributed by atoms with van der Waals surface area (Å²) in [7, 11) is 3.97. The van der Waals surface area contributed by atoms with Crippen LogP contribution in [0.4, 0.5) is 0 Å². The van der Waals surface area contributed by atoms with Gasteiger partial charge in [-0.2, -0.15) is 0 Å². The maximum absolute atomic E-state index is 4.24. The zero-order valence-corrected chi connectivity index (χ0v) is 16.8. The summed E-state index contributed by atoms with van der Waals surface area (Å²) in [5, 5.41) is 6.72. The van der Waals surface area contributed by atoms with Crippen LogP contribution in [0.5, 0.6) is 0 Å². The van der Waals surface area contributed by atoms with Crippen molar-refractivity contribution in [1.29, 1.82) is 0 Å². The molecule has 0 radical (unpaired) electrons. The first-order chi connectivity index (χ1) is 9.90. The molecular formula is C17H31IN4. The Bertz CT molecular complexity index is 426. The summed E-state index contributed by atoms with van der Waals surface area (Å²) < 4.78 is 0. The average molecular weight is 418 g/mol. The van der Waals surface area contributed by atoms with Crippen LogP contribution in [0.15, 0.2) is 35.3 Å². The van der Waals surface area contributed by atoms with E-state index < -0.39 is 0 Å². The van der Waals surface area contributed by atoms with Gasteiger partial charge in [0.05, 0.1) is 0 Å². The third-order valence-corrected chi connectivity index (χ3v) is 3.02. The number of benzene rings is 1. The second-order valence-electron chi connectivity index (χ2n) is 6.45. The molecule has 0 unspecified atom stereocenters. The van der Waals surface area contributed by atoms with Gasteiger partial charge in [-0.15, -0.1) is 24.0 Å². The highest BCUT2D eigenvalue weighted by Gasteiger charge is 2.11. The number of halogens is 1. The van der Waals surface area contributed by atoms with Crippen molar-refractivity contribution in [3.8, 4) is 0 Å².